The van der Waals surface area contributed by atoms with E-state index in [0.29, 0.717) is 5.82 Å². The van der Waals surface area contributed by atoms with Gasteiger partial charge in [0.2, 0.25) is 0 Å². The molecule has 0 atom stereocenters. The van der Waals surface area contributed by atoms with E-state index in [4.69, 9.17) is 0 Å². The van der Waals surface area contributed by atoms with Gasteiger partial charge in [-0.2, -0.15) is 0 Å². The first kappa shape index (κ1) is 10.4. The Morgan fingerprint density at radius 3 is 2.78 bits per heavy atom. The minimum absolute atomic E-state index is 0.0201. The molecule has 0 spiro atoms. The van der Waals surface area contributed by atoms with Gasteiger partial charge in [-0.3, -0.25) is 19.7 Å². The van der Waals surface area contributed by atoms with E-state index < -0.39 is 4.92 Å². The van der Waals surface area contributed by atoms with Crippen molar-refractivity contribution >= 4 is 16.6 Å². The summed E-state index contributed by atoms with van der Waals surface area (Å²) in [6.07, 6.45) is 6.56. The van der Waals surface area contributed by atoms with E-state index in [2.05, 4.69) is 9.97 Å². The fraction of sp³-hybridized carbons (Fsp3) is 0. The monoisotopic (exact) mass is 240 g/mol. The summed E-state index contributed by atoms with van der Waals surface area (Å²) < 4.78 is 1.84. The standard InChI is InChI=1S/C12H8N4O2/c17-16(18)10-1-2-12(14-7-10)15-6-4-9-3-5-13-8-11(9)15/h1-8H. The Morgan fingerprint density at radius 1 is 1.17 bits per heavy atom. The van der Waals surface area contributed by atoms with Gasteiger partial charge in [0.1, 0.15) is 12.0 Å². The summed E-state index contributed by atoms with van der Waals surface area (Å²) in [5.74, 6) is 0.628. The van der Waals surface area contributed by atoms with Gasteiger partial charge in [-0.25, -0.2) is 4.98 Å². The Balaban J connectivity index is 2.12. The molecule has 0 saturated carbocycles. The molecule has 3 aromatic rings. The third-order valence-electron chi connectivity index (χ3n) is 2.69. The van der Waals surface area contributed by atoms with Crippen LogP contribution in [-0.2, 0) is 0 Å². The largest absolute Gasteiger partial charge is 0.300 e. The molecule has 0 N–H and O–H groups in total. The van der Waals surface area contributed by atoms with Crippen LogP contribution < -0.4 is 0 Å². The molecular weight excluding hydrogens is 232 g/mol. The second-order valence-corrected chi connectivity index (χ2v) is 3.75. The van der Waals surface area contributed by atoms with Crippen molar-refractivity contribution < 1.29 is 4.92 Å². The molecule has 0 aliphatic rings. The number of nitro groups is 1. The predicted molar refractivity (Wildman–Crippen MR) is 65.5 cm³/mol. The van der Waals surface area contributed by atoms with Crippen LogP contribution in [0.3, 0.4) is 0 Å². The van der Waals surface area contributed by atoms with Crippen molar-refractivity contribution in [3.63, 3.8) is 0 Å². The van der Waals surface area contributed by atoms with Crippen LogP contribution in [0.15, 0.2) is 49.1 Å². The smallest absolute Gasteiger partial charge is 0.287 e. The summed E-state index contributed by atoms with van der Waals surface area (Å²) in [5.41, 5.74) is 0.896. The van der Waals surface area contributed by atoms with Gasteiger partial charge < -0.3 is 0 Å². The molecule has 0 fully saturated rings. The molecule has 6 nitrogen and oxygen atoms in total. The number of nitrogens with zero attached hydrogens (tertiary/aromatic N) is 4. The van der Waals surface area contributed by atoms with Gasteiger partial charge in [0.25, 0.3) is 5.69 Å². The fourth-order valence-electron chi connectivity index (χ4n) is 1.80. The van der Waals surface area contributed by atoms with Crippen molar-refractivity contribution in [3.8, 4) is 5.82 Å². The Hall–Kier alpha value is -2.76. The third-order valence-corrected chi connectivity index (χ3v) is 2.69. The lowest BCUT2D eigenvalue weighted by Gasteiger charge is -2.03. The molecule has 88 valence electrons. The number of fused-ring (bicyclic) bond motifs is 1. The number of pyridine rings is 2. The van der Waals surface area contributed by atoms with Crippen molar-refractivity contribution in [3.05, 3.63) is 59.2 Å². The zero-order valence-electron chi connectivity index (χ0n) is 9.22. The molecule has 0 aliphatic carbocycles. The maximum Gasteiger partial charge on any atom is 0.287 e. The van der Waals surface area contributed by atoms with E-state index in [-0.39, 0.29) is 5.69 Å². The summed E-state index contributed by atoms with van der Waals surface area (Å²) in [4.78, 5) is 18.2. The van der Waals surface area contributed by atoms with Gasteiger partial charge in [0.05, 0.1) is 16.6 Å². The first-order chi connectivity index (χ1) is 8.75. The lowest BCUT2D eigenvalue weighted by molar-refractivity contribution is -0.385. The van der Waals surface area contributed by atoms with E-state index in [1.807, 2.05) is 22.9 Å². The van der Waals surface area contributed by atoms with Crippen LogP contribution in [0.5, 0.6) is 0 Å². The Morgan fingerprint density at radius 2 is 2.06 bits per heavy atom. The third kappa shape index (κ3) is 1.60. The van der Waals surface area contributed by atoms with Gasteiger partial charge in [-0.1, -0.05) is 0 Å². The molecule has 0 bridgehead atoms. The van der Waals surface area contributed by atoms with Crippen LogP contribution in [0.1, 0.15) is 0 Å². The first-order valence-electron chi connectivity index (χ1n) is 5.27. The van der Waals surface area contributed by atoms with Crippen LogP contribution in [0.4, 0.5) is 5.69 Å². The fourth-order valence-corrected chi connectivity index (χ4v) is 1.80. The van der Waals surface area contributed by atoms with Gasteiger partial charge in [0, 0.05) is 23.8 Å². The van der Waals surface area contributed by atoms with Crippen molar-refractivity contribution in [1.29, 1.82) is 0 Å². The average Bonchev–Trinajstić information content (AvgIpc) is 2.82. The van der Waals surface area contributed by atoms with Crippen molar-refractivity contribution in [2.24, 2.45) is 0 Å². The lowest BCUT2D eigenvalue weighted by atomic mass is 10.3. The van der Waals surface area contributed by atoms with Crippen molar-refractivity contribution in [2.75, 3.05) is 0 Å². The predicted octanol–water partition coefficient (Wildman–Crippen LogP) is 2.33. The molecule has 6 heteroatoms. The number of hydrogen-bond donors (Lipinski definition) is 0. The summed E-state index contributed by atoms with van der Waals surface area (Å²) in [5, 5.41) is 11.6. The SMILES string of the molecule is O=[N+]([O-])c1ccc(-n2ccc3ccncc32)nc1. The number of hydrogen-bond acceptors (Lipinski definition) is 4. The van der Waals surface area contributed by atoms with E-state index in [0.717, 1.165) is 10.9 Å². The van der Waals surface area contributed by atoms with Gasteiger partial charge in [-0.05, 0) is 18.2 Å². The second kappa shape index (κ2) is 3.92. The van der Waals surface area contributed by atoms with Crippen LogP contribution in [0.25, 0.3) is 16.7 Å². The molecule has 18 heavy (non-hydrogen) atoms. The maximum absolute atomic E-state index is 10.6. The van der Waals surface area contributed by atoms with Crippen molar-refractivity contribution in [1.82, 2.24) is 14.5 Å². The van der Waals surface area contributed by atoms with E-state index >= 15 is 0 Å². The minimum atomic E-state index is -0.466. The molecule has 0 unspecified atom stereocenters. The summed E-state index contributed by atoms with van der Waals surface area (Å²) in [7, 11) is 0. The topological polar surface area (TPSA) is 73.8 Å². The molecule has 0 amide bonds. The van der Waals surface area contributed by atoms with E-state index in [9.17, 15) is 10.1 Å². The van der Waals surface area contributed by atoms with E-state index in [1.165, 1.54) is 12.3 Å². The number of rotatable bonds is 2. The van der Waals surface area contributed by atoms with Crippen molar-refractivity contribution in [2.45, 2.75) is 0 Å². The molecule has 0 aromatic carbocycles. The first-order valence-corrected chi connectivity index (χ1v) is 5.27. The zero-order valence-corrected chi connectivity index (χ0v) is 9.22. The van der Waals surface area contributed by atoms with Crippen LogP contribution in [0, 0.1) is 10.1 Å². The highest BCUT2D eigenvalue weighted by molar-refractivity contribution is 5.80. The molecule has 3 aromatic heterocycles. The molecule has 0 radical (unpaired) electrons. The Bertz CT molecular complexity index is 718. The van der Waals surface area contributed by atoms with Crippen LogP contribution >= 0.6 is 0 Å². The molecule has 0 saturated heterocycles. The van der Waals surface area contributed by atoms with Crippen LogP contribution in [0.2, 0.25) is 0 Å². The Labute approximate surface area is 102 Å². The minimum Gasteiger partial charge on any atom is -0.300 e. The lowest BCUT2D eigenvalue weighted by Crippen LogP contribution is -1.97. The van der Waals surface area contributed by atoms with Gasteiger partial charge in [-0.15, -0.1) is 0 Å². The quantitative estimate of drug-likeness (QED) is 0.509. The second-order valence-electron chi connectivity index (χ2n) is 3.75. The van der Waals surface area contributed by atoms with Crippen LogP contribution in [-0.4, -0.2) is 19.5 Å². The molecule has 3 rings (SSSR count). The highest BCUT2D eigenvalue weighted by Crippen LogP contribution is 2.19. The normalized spacial score (nSPS) is 10.7. The average molecular weight is 240 g/mol. The molecular formula is C12H8N4O2. The van der Waals surface area contributed by atoms with Gasteiger partial charge in [0.15, 0.2) is 0 Å². The number of aromatic nitrogens is 3. The van der Waals surface area contributed by atoms with E-state index in [1.54, 1.807) is 18.5 Å². The zero-order chi connectivity index (χ0) is 12.5. The summed E-state index contributed by atoms with van der Waals surface area (Å²) in [6.45, 7) is 0. The Kier molecular flexibility index (Phi) is 2.26. The molecule has 0 aliphatic heterocycles. The summed E-state index contributed by atoms with van der Waals surface area (Å²) in [6, 6.07) is 6.90. The van der Waals surface area contributed by atoms with Gasteiger partial charge >= 0.3 is 0 Å². The maximum atomic E-state index is 10.6. The molecule has 3 heterocycles. The highest BCUT2D eigenvalue weighted by Gasteiger charge is 2.08. The highest BCUT2D eigenvalue weighted by atomic mass is 16.6. The summed E-state index contributed by atoms with van der Waals surface area (Å²) >= 11 is 0.